The molecule has 198 valence electrons. The molecule has 0 aliphatic rings. The van der Waals surface area contributed by atoms with Crippen LogP contribution in [0.1, 0.15) is 0 Å². The summed E-state index contributed by atoms with van der Waals surface area (Å²) in [5.41, 5.74) is 9.42. The van der Waals surface area contributed by atoms with Gasteiger partial charge in [-0.25, -0.2) is 0 Å². The van der Waals surface area contributed by atoms with E-state index in [0.717, 1.165) is 17.1 Å². The lowest BCUT2D eigenvalue weighted by Gasteiger charge is -2.25. The highest BCUT2D eigenvalue weighted by molar-refractivity contribution is 6.11. The van der Waals surface area contributed by atoms with Crippen LogP contribution >= 0.6 is 0 Å². The van der Waals surface area contributed by atoms with Crippen LogP contribution in [-0.2, 0) is 0 Å². The minimum atomic E-state index is 1.13. The van der Waals surface area contributed by atoms with E-state index in [9.17, 15) is 0 Å². The first kappa shape index (κ1) is 24.2. The largest absolute Gasteiger partial charge is 0.311 e. The van der Waals surface area contributed by atoms with E-state index in [1.807, 2.05) is 0 Å². The van der Waals surface area contributed by atoms with Crippen LogP contribution in [-0.4, -0.2) is 4.57 Å². The number of aromatic nitrogens is 1. The molecule has 0 spiro atoms. The van der Waals surface area contributed by atoms with E-state index in [1.165, 1.54) is 49.4 Å². The summed E-state index contributed by atoms with van der Waals surface area (Å²) >= 11 is 0. The first-order valence-electron chi connectivity index (χ1n) is 14.4. The molecule has 8 aromatic rings. The third-order valence-electron chi connectivity index (χ3n) is 8.17. The molecule has 0 unspecified atom stereocenters. The Kier molecular flexibility index (Phi) is 5.82. The SMILES string of the molecule is c1ccc(N(c2ccccc2)c2ccc(-c3ccc4c5ccccc5n(-c5cccc6ccccc56)c4c3)cc2)cc1. The number of benzene rings is 7. The van der Waals surface area contributed by atoms with Gasteiger partial charge >= 0.3 is 0 Å². The summed E-state index contributed by atoms with van der Waals surface area (Å²) < 4.78 is 2.43. The van der Waals surface area contributed by atoms with Crippen molar-refractivity contribution < 1.29 is 0 Å². The maximum atomic E-state index is 2.43. The molecule has 0 N–H and O–H groups in total. The van der Waals surface area contributed by atoms with Crippen molar-refractivity contribution in [3.63, 3.8) is 0 Å². The molecule has 0 radical (unpaired) electrons. The van der Waals surface area contributed by atoms with Crippen molar-refractivity contribution in [2.75, 3.05) is 4.90 Å². The van der Waals surface area contributed by atoms with Gasteiger partial charge in [-0.15, -0.1) is 0 Å². The van der Waals surface area contributed by atoms with Crippen molar-refractivity contribution >= 4 is 49.6 Å². The standard InChI is InChI=1S/C40H28N2/c1-3-14-32(15-4-1)41(33-16-5-2-6-17-33)34-25-22-29(23-26-34)31-24-27-37-36-19-9-10-20-39(36)42(40(37)28-31)38-21-11-13-30-12-7-8-18-35(30)38/h1-28H. The normalized spacial score (nSPS) is 11.3. The Morgan fingerprint density at radius 2 is 0.905 bits per heavy atom. The molecule has 42 heavy (non-hydrogen) atoms. The Hall–Kier alpha value is -5.60. The molecule has 0 atom stereocenters. The number of nitrogens with zero attached hydrogens (tertiary/aromatic N) is 2. The van der Waals surface area contributed by atoms with E-state index < -0.39 is 0 Å². The van der Waals surface area contributed by atoms with Crippen molar-refractivity contribution in [1.82, 2.24) is 4.57 Å². The van der Waals surface area contributed by atoms with Crippen LogP contribution in [0.4, 0.5) is 17.1 Å². The highest BCUT2D eigenvalue weighted by Crippen LogP contribution is 2.38. The minimum Gasteiger partial charge on any atom is -0.311 e. The van der Waals surface area contributed by atoms with Crippen LogP contribution in [0, 0.1) is 0 Å². The molecule has 0 amide bonds. The molecule has 1 aromatic heterocycles. The molecule has 0 fully saturated rings. The van der Waals surface area contributed by atoms with Crippen LogP contribution in [0.3, 0.4) is 0 Å². The van der Waals surface area contributed by atoms with Crippen molar-refractivity contribution in [2.24, 2.45) is 0 Å². The van der Waals surface area contributed by atoms with Crippen LogP contribution in [0.5, 0.6) is 0 Å². The molecule has 0 bridgehead atoms. The second-order valence-electron chi connectivity index (χ2n) is 10.6. The summed E-state index contributed by atoms with van der Waals surface area (Å²) in [6.07, 6.45) is 0. The molecule has 2 nitrogen and oxygen atoms in total. The molecule has 1 heterocycles. The molecule has 0 saturated carbocycles. The van der Waals surface area contributed by atoms with Crippen molar-refractivity contribution in [3.05, 3.63) is 170 Å². The van der Waals surface area contributed by atoms with Gasteiger partial charge < -0.3 is 9.47 Å². The molecular weight excluding hydrogens is 508 g/mol. The summed E-state index contributed by atoms with van der Waals surface area (Å²) in [6, 6.07) is 60.8. The van der Waals surface area contributed by atoms with Gasteiger partial charge in [-0.05, 0) is 71.1 Å². The summed E-state index contributed by atoms with van der Waals surface area (Å²) in [5.74, 6) is 0. The molecule has 7 aromatic carbocycles. The van der Waals surface area contributed by atoms with Crippen LogP contribution in [0.15, 0.2) is 170 Å². The van der Waals surface area contributed by atoms with Gasteiger partial charge in [-0.3, -0.25) is 0 Å². The van der Waals surface area contributed by atoms with Gasteiger partial charge in [-0.2, -0.15) is 0 Å². The Morgan fingerprint density at radius 1 is 0.357 bits per heavy atom. The van der Waals surface area contributed by atoms with Crippen molar-refractivity contribution in [1.29, 1.82) is 0 Å². The predicted octanol–water partition coefficient (Wildman–Crippen LogP) is 11.1. The summed E-state index contributed by atoms with van der Waals surface area (Å²) in [7, 11) is 0. The number of hydrogen-bond acceptors (Lipinski definition) is 1. The maximum absolute atomic E-state index is 2.43. The zero-order chi connectivity index (χ0) is 27.9. The van der Waals surface area contributed by atoms with Crippen molar-refractivity contribution in [3.8, 4) is 16.8 Å². The average Bonchev–Trinajstić information content (AvgIpc) is 3.39. The summed E-state index contributed by atoms with van der Waals surface area (Å²) in [5, 5.41) is 5.02. The smallest absolute Gasteiger partial charge is 0.0547 e. The molecule has 0 saturated heterocycles. The molecule has 0 aliphatic heterocycles. The van der Waals surface area contributed by atoms with Crippen LogP contribution in [0.2, 0.25) is 0 Å². The summed E-state index contributed by atoms with van der Waals surface area (Å²) in [6.45, 7) is 0. The van der Waals surface area contributed by atoms with Crippen molar-refractivity contribution in [2.45, 2.75) is 0 Å². The zero-order valence-electron chi connectivity index (χ0n) is 23.1. The second-order valence-corrected chi connectivity index (χ2v) is 10.6. The third-order valence-corrected chi connectivity index (χ3v) is 8.17. The van der Waals surface area contributed by atoms with E-state index >= 15 is 0 Å². The van der Waals surface area contributed by atoms with Gasteiger partial charge in [0.15, 0.2) is 0 Å². The van der Waals surface area contributed by atoms with E-state index in [0.29, 0.717) is 0 Å². The number of anilines is 3. The van der Waals surface area contributed by atoms with Gasteiger partial charge in [0.05, 0.1) is 16.7 Å². The molecule has 8 rings (SSSR count). The fourth-order valence-electron chi connectivity index (χ4n) is 6.22. The second kappa shape index (κ2) is 10.1. The molecule has 0 aliphatic carbocycles. The molecular formula is C40H28N2. The van der Waals surface area contributed by atoms with Crippen LogP contribution < -0.4 is 4.90 Å². The Morgan fingerprint density at radius 3 is 1.64 bits per heavy atom. The fourth-order valence-corrected chi connectivity index (χ4v) is 6.22. The van der Waals surface area contributed by atoms with Gasteiger partial charge in [-0.1, -0.05) is 115 Å². The van der Waals surface area contributed by atoms with Gasteiger partial charge in [0, 0.05) is 33.2 Å². The van der Waals surface area contributed by atoms with Gasteiger partial charge in [0.25, 0.3) is 0 Å². The lowest BCUT2D eigenvalue weighted by Crippen LogP contribution is -2.09. The minimum absolute atomic E-state index is 1.13. The fraction of sp³-hybridized carbons (Fsp3) is 0. The lowest BCUT2D eigenvalue weighted by molar-refractivity contribution is 1.20. The van der Waals surface area contributed by atoms with Crippen LogP contribution in [0.25, 0.3) is 49.4 Å². The molecule has 2 heteroatoms. The monoisotopic (exact) mass is 536 g/mol. The zero-order valence-corrected chi connectivity index (χ0v) is 23.1. The van der Waals surface area contributed by atoms with E-state index in [2.05, 4.69) is 179 Å². The predicted molar refractivity (Wildman–Crippen MR) is 178 cm³/mol. The van der Waals surface area contributed by atoms with E-state index in [-0.39, 0.29) is 0 Å². The van der Waals surface area contributed by atoms with Gasteiger partial charge in [0.2, 0.25) is 0 Å². The van der Waals surface area contributed by atoms with E-state index in [1.54, 1.807) is 0 Å². The average molecular weight is 537 g/mol. The van der Waals surface area contributed by atoms with E-state index in [4.69, 9.17) is 0 Å². The van der Waals surface area contributed by atoms with Gasteiger partial charge in [0.1, 0.15) is 0 Å². The lowest BCUT2D eigenvalue weighted by atomic mass is 10.0. The number of para-hydroxylation sites is 3. The Bertz CT molecular complexity index is 2130. The Balaban J connectivity index is 1.27. The quantitative estimate of drug-likeness (QED) is 0.212. The number of hydrogen-bond donors (Lipinski definition) is 0. The first-order chi connectivity index (χ1) is 20.8. The highest BCUT2D eigenvalue weighted by Gasteiger charge is 2.16. The maximum Gasteiger partial charge on any atom is 0.0547 e. The highest BCUT2D eigenvalue weighted by atomic mass is 15.1. The Labute approximate surface area is 245 Å². The third kappa shape index (κ3) is 4.05. The first-order valence-corrected chi connectivity index (χ1v) is 14.4. The number of rotatable bonds is 5. The summed E-state index contributed by atoms with van der Waals surface area (Å²) in [4.78, 5) is 2.30. The topological polar surface area (TPSA) is 8.17 Å². The number of fused-ring (bicyclic) bond motifs is 4.